The van der Waals surface area contributed by atoms with E-state index in [1.54, 1.807) is 0 Å². The summed E-state index contributed by atoms with van der Waals surface area (Å²) >= 11 is 3.49. The molecule has 2 fully saturated rings. The standard InChI is InChI=1S/C17H23BrN2O.ClH/c18-14-5-1-4-13(9-14)15-10-16(15)17(21)20-8-6-12-3-2-7-19-11-12;/h1,4-5,9,12,15-16,19H,2-3,6-8,10-11H2,(H,20,21);1H. The molecule has 122 valence electrons. The third-order valence-corrected chi connectivity index (χ3v) is 5.15. The van der Waals surface area contributed by atoms with Crippen LogP contribution in [0.4, 0.5) is 0 Å². The zero-order valence-electron chi connectivity index (χ0n) is 12.7. The molecule has 3 rings (SSSR count). The highest BCUT2D eigenvalue weighted by Gasteiger charge is 2.43. The Balaban J connectivity index is 0.00000176. The average Bonchev–Trinajstić information content (AvgIpc) is 3.29. The number of benzene rings is 1. The van der Waals surface area contributed by atoms with Crippen molar-refractivity contribution in [1.29, 1.82) is 0 Å². The van der Waals surface area contributed by atoms with Crippen molar-refractivity contribution in [1.82, 2.24) is 10.6 Å². The van der Waals surface area contributed by atoms with E-state index in [1.165, 1.54) is 18.4 Å². The molecule has 2 aliphatic rings. The molecule has 0 aromatic heterocycles. The van der Waals surface area contributed by atoms with Gasteiger partial charge in [0.25, 0.3) is 0 Å². The number of halogens is 2. The lowest BCUT2D eigenvalue weighted by molar-refractivity contribution is -0.122. The van der Waals surface area contributed by atoms with Crippen LogP contribution in [-0.4, -0.2) is 25.5 Å². The quantitative estimate of drug-likeness (QED) is 0.812. The van der Waals surface area contributed by atoms with Crippen molar-refractivity contribution in [2.75, 3.05) is 19.6 Å². The number of hydrogen-bond acceptors (Lipinski definition) is 2. The van der Waals surface area contributed by atoms with Gasteiger partial charge in [0.15, 0.2) is 0 Å². The van der Waals surface area contributed by atoms with E-state index in [-0.39, 0.29) is 24.2 Å². The fraction of sp³-hybridized carbons (Fsp3) is 0.588. The van der Waals surface area contributed by atoms with Gasteiger partial charge in [0.1, 0.15) is 0 Å². The summed E-state index contributed by atoms with van der Waals surface area (Å²) in [5, 5.41) is 6.55. The van der Waals surface area contributed by atoms with Crippen molar-refractivity contribution in [3.63, 3.8) is 0 Å². The van der Waals surface area contributed by atoms with Crippen molar-refractivity contribution in [2.45, 2.75) is 31.6 Å². The summed E-state index contributed by atoms with van der Waals surface area (Å²) in [7, 11) is 0. The summed E-state index contributed by atoms with van der Waals surface area (Å²) in [5.41, 5.74) is 1.28. The molecule has 1 aliphatic heterocycles. The lowest BCUT2D eigenvalue weighted by Gasteiger charge is -2.22. The summed E-state index contributed by atoms with van der Waals surface area (Å²) in [5.74, 6) is 1.57. The summed E-state index contributed by atoms with van der Waals surface area (Å²) in [6, 6.07) is 8.32. The van der Waals surface area contributed by atoms with Gasteiger partial charge in [0.05, 0.1) is 0 Å². The van der Waals surface area contributed by atoms with Gasteiger partial charge in [-0.05, 0) is 68.3 Å². The summed E-state index contributed by atoms with van der Waals surface area (Å²) < 4.78 is 1.09. The van der Waals surface area contributed by atoms with E-state index < -0.39 is 0 Å². The second kappa shape index (κ2) is 8.32. The van der Waals surface area contributed by atoms with Crippen LogP contribution in [0.25, 0.3) is 0 Å². The SMILES string of the molecule is Cl.O=C(NCCC1CCCNC1)C1CC1c1cccc(Br)c1. The summed E-state index contributed by atoms with van der Waals surface area (Å²) in [4.78, 5) is 12.2. The molecule has 1 saturated heterocycles. The fourth-order valence-electron chi connectivity index (χ4n) is 3.29. The second-order valence-electron chi connectivity index (χ2n) is 6.30. The molecule has 0 bridgehead atoms. The molecule has 1 aromatic carbocycles. The minimum absolute atomic E-state index is 0. The Morgan fingerprint density at radius 2 is 2.27 bits per heavy atom. The molecule has 1 heterocycles. The Morgan fingerprint density at radius 3 is 3.00 bits per heavy atom. The normalized spacial score (nSPS) is 26.9. The Kier molecular flexibility index (Phi) is 6.72. The van der Waals surface area contributed by atoms with Gasteiger partial charge in [-0.1, -0.05) is 28.1 Å². The van der Waals surface area contributed by atoms with Crippen molar-refractivity contribution in [3.05, 3.63) is 34.3 Å². The zero-order valence-corrected chi connectivity index (χ0v) is 15.1. The van der Waals surface area contributed by atoms with Crippen LogP contribution in [0.1, 0.15) is 37.2 Å². The van der Waals surface area contributed by atoms with Crippen LogP contribution in [0.15, 0.2) is 28.7 Å². The predicted molar refractivity (Wildman–Crippen MR) is 95.5 cm³/mol. The number of amides is 1. The molecule has 1 amide bonds. The molecular weight excluding hydrogens is 364 g/mol. The minimum atomic E-state index is 0. The van der Waals surface area contributed by atoms with Crippen molar-refractivity contribution in [2.24, 2.45) is 11.8 Å². The highest BCUT2D eigenvalue weighted by atomic mass is 79.9. The van der Waals surface area contributed by atoms with E-state index in [9.17, 15) is 4.79 Å². The Bertz CT molecular complexity index is 505. The van der Waals surface area contributed by atoms with Crippen LogP contribution >= 0.6 is 28.3 Å². The molecule has 3 atom stereocenters. The van der Waals surface area contributed by atoms with E-state index in [0.717, 1.165) is 42.9 Å². The third-order valence-electron chi connectivity index (χ3n) is 4.65. The number of nitrogens with one attached hydrogen (secondary N) is 2. The number of carbonyl (C=O) groups is 1. The van der Waals surface area contributed by atoms with Crippen LogP contribution < -0.4 is 10.6 Å². The molecule has 5 heteroatoms. The first-order valence-corrected chi connectivity index (χ1v) is 8.77. The van der Waals surface area contributed by atoms with Crippen LogP contribution in [0.3, 0.4) is 0 Å². The predicted octanol–water partition coefficient (Wildman–Crippen LogP) is 3.48. The largest absolute Gasteiger partial charge is 0.356 e. The maximum atomic E-state index is 12.2. The van der Waals surface area contributed by atoms with Crippen LogP contribution in [-0.2, 0) is 4.79 Å². The molecule has 2 N–H and O–H groups in total. The highest BCUT2D eigenvalue weighted by molar-refractivity contribution is 9.10. The minimum Gasteiger partial charge on any atom is -0.356 e. The van der Waals surface area contributed by atoms with Gasteiger partial charge in [-0.3, -0.25) is 4.79 Å². The van der Waals surface area contributed by atoms with Crippen molar-refractivity contribution >= 4 is 34.2 Å². The third kappa shape index (κ3) is 4.71. The Hall–Kier alpha value is -0.580. The molecule has 0 spiro atoms. The lowest BCUT2D eigenvalue weighted by Crippen LogP contribution is -2.33. The first kappa shape index (κ1) is 17.8. The number of carbonyl (C=O) groups excluding carboxylic acids is 1. The number of rotatable bonds is 5. The first-order valence-electron chi connectivity index (χ1n) is 7.98. The molecule has 1 saturated carbocycles. The molecule has 3 unspecified atom stereocenters. The van der Waals surface area contributed by atoms with Gasteiger partial charge in [-0.25, -0.2) is 0 Å². The molecule has 0 radical (unpaired) electrons. The molecule has 1 aromatic rings. The molecule has 3 nitrogen and oxygen atoms in total. The maximum absolute atomic E-state index is 12.2. The topological polar surface area (TPSA) is 41.1 Å². The van der Waals surface area contributed by atoms with Gasteiger partial charge in [0.2, 0.25) is 5.91 Å². The van der Waals surface area contributed by atoms with Gasteiger partial charge < -0.3 is 10.6 Å². The smallest absolute Gasteiger partial charge is 0.223 e. The number of hydrogen-bond donors (Lipinski definition) is 2. The zero-order chi connectivity index (χ0) is 14.7. The monoisotopic (exact) mass is 386 g/mol. The van der Waals surface area contributed by atoms with Crippen molar-refractivity contribution in [3.8, 4) is 0 Å². The molecule has 1 aliphatic carbocycles. The fourth-order valence-corrected chi connectivity index (χ4v) is 3.71. The van der Waals surface area contributed by atoms with Gasteiger partial charge in [-0.15, -0.1) is 12.4 Å². The number of piperidine rings is 1. The van der Waals surface area contributed by atoms with Crippen LogP contribution in [0.2, 0.25) is 0 Å². The average molecular weight is 388 g/mol. The van der Waals surface area contributed by atoms with E-state index in [1.807, 2.05) is 12.1 Å². The van der Waals surface area contributed by atoms with Crippen LogP contribution in [0, 0.1) is 11.8 Å². The van der Waals surface area contributed by atoms with Gasteiger partial charge >= 0.3 is 0 Å². The molecular formula is C17H24BrClN2O. The summed E-state index contributed by atoms with van der Waals surface area (Å²) in [6.07, 6.45) is 4.67. The molecule has 22 heavy (non-hydrogen) atoms. The van der Waals surface area contributed by atoms with Crippen molar-refractivity contribution < 1.29 is 4.79 Å². The highest BCUT2D eigenvalue weighted by Crippen LogP contribution is 2.47. The van der Waals surface area contributed by atoms with Crippen LogP contribution in [0.5, 0.6) is 0 Å². The Morgan fingerprint density at radius 1 is 1.41 bits per heavy atom. The van der Waals surface area contributed by atoms with E-state index >= 15 is 0 Å². The maximum Gasteiger partial charge on any atom is 0.223 e. The van der Waals surface area contributed by atoms with E-state index in [0.29, 0.717) is 5.92 Å². The Labute approximate surface area is 147 Å². The lowest BCUT2D eigenvalue weighted by atomic mass is 9.96. The first-order chi connectivity index (χ1) is 10.2. The summed E-state index contributed by atoms with van der Waals surface area (Å²) in [6.45, 7) is 3.09. The van der Waals surface area contributed by atoms with Gasteiger partial charge in [-0.2, -0.15) is 0 Å². The van der Waals surface area contributed by atoms with E-state index in [4.69, 9.17) is 0 Å². The van der Waals surface area contributed by atoms with E-state index in [2.05, 4.69) is 38.7 Å². The van der Waals surface area contributed by atoms with Gasteiger partial charge in [0, 0.05) is 16.9 Å². The second-order valence-corrected chi connectivity index (χ2v) is 7.21.